The molecule has 0 amide bonds. The fraction of sp³-hybridized carbons (Fsp3) is 0.200. The molecular weight excluding hydrogens is 275 g/mol. The number of rotatable bonds is 2. The maximum absolute atomic E-state index is 12.9. The second-order valence-electron chi connectivity index (χ2n) is 4.98. The van der Waals surface area contributed by atoms with E-state index in [1.165, 1.54) is 30.3 Å². The van der Waals surface area contributed by atoms with Gasteiger partial charge in [-0.1, -0.05) is 32.1 Å². The molecule has 1 heterocycles. The van der Waals surface area contributed by atoms with Crippen LogP contribution in [0.1, 0.15) is 19.4 Å². The number of hydrogen-bond acceptors (Lipinski definition) is 3. The Balaban J connectivity index is 2.75. The molecule has 0 saturated carbocycles. The smallest absolute Gasteiger partial charge is 0.310 e. The Morgan fingerprint density at radius 3 is 2.29 bits per heavy atom. The van der Waals surface area contributed by atoms with Gasteiger partial charge in [-0.05, 0) is 29.7 Å². The summed E-state index contributed by atoms with van der Waals surface area (Å²) < 4.78 is 12.9. The Morgan fingerprint density at radius 2 is 1.71 bits per heavy atom. The minimum atomic E-state index is -0.856. The molecule has 0 aliphatic heterocycles. The lowest BCUT2D eigenvalue weighted by atomic mass is 10.2. The highest BCUT2D eigenvalue weighted by Gasteiger charge is 2.04. The molecular formula is C15H15FN2O3. The van der Waals surface area contributed by atoms with E-state index < -0.39 is 11.1 Å². The highest BCUT2D eigenvalue weighted by molar-refractivity contribution is 5.47. The Morgan fingerprint density at radius 1 is 1.14 bits per heavy atom. The maximum atomic E-state index is 12.9. The third kappa shape index (κ3) is 3.28. The van der Waals surface area contributed by atoms with E-state index in [9.17, 15) is 19.2 Å². The lowest BCUT2D eigenvalue weighted by molar-refractivity contribution is 0.161. The summed E-state index contributed by atoms with van der Waals surface area (Å²) in [6.45, 7) is 3.73. The second kappa shape index (κ2) is 5.78. The molecule has 0 aliphatic carbocycles. The van der Waals surface area contributed by atoms with Gasteiger partial charge >= 0.3 is 11.1 Å². The number of H-pyrrole nitrogens is 1. The summed E-state index contributed by atoms with van der Waals surface area (Å²) in [5, 5.41) is 9.74. The summed E-state index contributed by atoms with van der Waals surface area (Å²) >= 11 is 0. The third-order valence-corrected chi connectivity index (χ3v) is 2.80. The SMILES string of the molecule is CC(C)/C=c1\[nH]/c(=C\c2ccc(F)cc2)c(=O)n(O)c1=O. The lowest BCUT2D eigenvalue weighted by Crippen LogP contribution is -2.52. The van der Waals surface area contributed by atoms with Gasteiger partial charge in [-0.15, -0.1) is 4.73 Å². The molecule has 0 bridgehead atoms. The number of aromatic nitrogens is 2. The van der Waals surface area contributed by atoms with Crippen molar-refractivity contribution in [3.05, 3.63) is 67.1 Å². The predicted molar refractivity (Wildman–Crippen MR) is 77.0 cm³/mol. The summed E-state index contributed by atoms with van der Waals surface area (Å²) in [5.74, 6) is -0.329. The van der Waals surface area contributed by atoms with Crippen molar-refractivity contribution in [2.75, 3.05) is 0 Å². The molecule has 0 fully saturated rings. The minimum Gasteiger partial charge on any atom is -0.422 e. The monoisotopic (exact) mass is 290 g/mol. The number of benzene rings is 1. The van der Waals surface area contributed by atoms with Crippen molar-refractivity contribution in [1.82, 2.24) is 9.71 Å². The van der Waals surface area contributed by atoms with Gasteiger partial charge in [0.2, 0.25) is 0 Å². The fourth-order valence-electron chi connectivity index (χ4n) is 1.84. The zero-order valence-corrected chi connectivity index (χ0v) is 11.6. The molecule has 5 nitrogen and oxygen atoms in total. The van der Waals surface area contributed by atoms with Crippen molar-refractivity contribution in [3.8, 4) is 0 Å². The highest BCUT2D eigenvalue weighted by atomic mass is 19.1. The van der Waals surface area contributed by atoms with Crippen LogP contribution < -0.4 is 21.8 Å². The average Bonchev–Trinajstić information content (AvgIpc) is 2.43. The molecule has 1 aromatic heterocycles. The van der Waals surface area contributed by atoms with E-state index in [2.05, 4.69) is 4.98 Å². The van der Waals surface area contributed by atoms with Crippen molar-refractivity contribution in [3.63, 3.8) is 0 Å². The normalized spacial score (nSPS) is 13.1. The summed E-state index contributed by atoms with van der Waals surface area (Å²) in [5.41, 5.74) is -1.09. The molecule has 2 rings (SSSR count). The minimum absolute atomic E-state index is 0.0376. The molecule has 0 saturated heterocycles. The van der Waals surface area contributed by atoms with Gasteiger partial charge in [0.25, 0.3) is 0 Å². The zero-order chi connectivity index (χ0) is 15.6. The van der Waals surface area contributed by atoms with Crippen LogP contribution in [-0.2, 0) is 0 Å². The third-order valence-electron chi connectivity index (χ3n) is 2.80. The van der Waals surface area contributed by atoms with E-state index in [0.29, 0.717) is 5.56 Å². The average molecular weight is 290 g/mol. The number of hydrogen-bond donors (Lipinski definition) is 2. The fourth-order valence-corrected chi connectivity index (χ4v) is 1.84. The standard InChI is InChI=1S/C15H15FN2O3/c1-9(2)7-12-14(19)18(21)15(20)13(17-12)8-10-3-5-11(16)6-4-10/h3-9,17,21H,1-2H3/b12-7-,13-8-. The van der Waals surface area contributed by atoms with Crippen LogP contribution in [0.4, 0.5) is 4.39 Å². The van der Waals surface area contributed by atoms with Gasteiger partial charge in [-0.3, -0.25) is 9.59 Å². The Labute approximate surface area is 119 Å². The molecule has 0 radical (unpaired) electrons. The van der Waals surface area contributed by atoms with Gasteiger partial charge in [0.1, 0.15) is 16.5 Å². The molecule has 2 N–H and O–H groups in total. The van der Waals surface area contributed by atoms with E-state index >= 15 is 0 Å². The number of nitrogens with one attached hydrogen (secondary N) is 1. The Hall–Kier alpha value is -2.63. The van der Waals surface area contributed by atoms with Crippen LogP contribution in [0.5, 0.6) is 0 Å². The van der Waals surface area contributed by atoms with Crippen LogP contribution >= 0.6 is 0 Å². The van der Waals surface area contributed by atoms with Crippen molar-refractivity contribution >= 4 is 12.2 Å². The quantitative estimate of drug-likeness (QED) is 0.775. The van der Waals surface area contributed by atoms with Crippen LogP contribution in [0.25, 0.3) is 12.2 Å². The summed E-state index contributed by atoms with van der Waals surface area (Å²) in [7, 11) is 0. The number of nitrogens with zero attached hydrogens (tertiary/aromatic N) is 1. The van der Waals surface area contributed by atoms with E-state index in [1.54, 1.807) is 6.08 Å². The van der Waals surface area contributed by atoms with Gasteiger partial charge in [0, 0.05) is 0 Å². The van der Waals surface area contributed by atoms with E-state index in [4.69, 9.17) is 0 Å². The van der Waals surface area contributed by atoms with Crippen LogP contribution in [0.3, 0.4) is 0 Å². The molecule has 0 unspecified atom stereocenters. The second-order valence-corrected chi connectivity index (χ2v) is 4.98. The van der Waals surface area contributed by atoms with Gasteiger partial charge in [-0.25, -0.2) is 4.39 Å². The van der Waals surface area contributed by atoms with E-state index in [-0.39, 0.29) is 27.2 Å². The number of aromatic amines is 1. The molecule has 2 aromatic rings. The van der Waals surface area contributed by atoms with Crippen LogP contribution in [0.15, 0.2) is 33.9 Å². The first-order valence-corrected chi connectivity index (χ1v) is 6.42. The van der Waals surface area contributed by atoms with Gasteiger partial charge in [-0.2, -0.15) is 0 Å². The van der Waals surface area contributed by atoms with Gasteiger partial charge < -0.3 is 10.2 Å². The summed E-state index contributed by atoms with van der Waals surface area (Å²) in [6, 6.07) is 5.49. The van der Waals surface area contributed by atoms with Gasteiger partial charge in [0.15, 0.2) is 0 Å². The van der Waals surface area contributed by atoms with Crippen molar-refractivity contribution in [2.45, 2.75) is 13.8 Å². The molecule has 21 heavy (non-hydrogen) atoms. The Bertz CT molecular complexity index is 877. The highest BCUT2D eigenvalue weighted by Crippen LogP contribution is 2.02. The predicted octanol–water partition coefficient (Wildman–Crippen LogP) is 0.178. The topological polar surface area (TPSA) is 75.1 Å². The molecule has 6 heteroatoms. The van der Waals surface area contributed by atoms with Gasteiger partial charge in [0.05, 0.1) is 0 Å². The van der Waals surface area contributed by atoms with Crippen LogP contribution in [-0.4, -0.2) is 14.9 Å². The Kier molecular flexibility index (Phi) is 4.07. The lowest BCUT2D eigenvalue weighted by Gasteiger charge is -1.99. The molecule has 1 aromatic carbocycles. The van der Waals surface area contributed by atoms with Crippen LogP contribution in [0, 0.1) is 11.7 Å². The van der Waals surface area contributed by atoms with Crippen molar-refractivity contribution in [1.29, 1.82) is 0 Å². The van der Waals surface area contributed by atoms with Crippen molar-refractivity contribution in [2.24, 2.45) is 5.92 Å². The summed E-state index contributed by atoms with van der Waals surface area (Å²) in [4.78, 5) is 26.3. The first kappa shape index (κ1) is 14.8. The van der Waals surface area contributed by atoms with Crippen LogP contribution in [0.2, 0.25) is 0 Å². The largest absolute Gasteiger partial charge is 0.422 e. The molecule has 110 valence electrons. The maximum Gasteiger partial charge on any atom is 0.310 e. The van der Waals surface area contributed by atoms with E-state index in [0.717, 1.165) is 0 Å². The first-order chi connectivity index (χ1) is 9.88. The zero-order valence-electron chi connectivity index (χ0n) is 11.6. The van der Waals surface area contributed by atoms with E-state index in [1.807, 2.05) is 13.8 Å². The molecule has 0 spiro atoms. The first-order valence-electron chi connectivity index (χ1n) is 6.42. The van der Waals surface area contributed by atoms with Crippen molar-refractivity contribution < 1.29 is 9.60 Å². The summed E-state index contributed by atoms with van der Waals surface area (Å²) in [6.07, 6.45) is 3.04. The molecule has 0 aliphatic rings. The molecule has 0 atom stereocenters. The number of halogens is 1.